The number of alkyl halides is 1. The molecule has 1 aromatic rings. The molecule has 0 saturated heterocycles. The van der Waals surface area contributed by atoms with E-state index in [9.17, 15) is 4.79 Å². The Bertz CT molecular complexity index is 359. The largest absolute Gasteiger partial charge is 0.349 e. The molecule has 1 unspecified atom stereocenters. The molecule has 1 atom stereocenters. The fourth-order valence-electron chi connectivity index (χ4n) is 1.44. The minimum Gasteiger partial charge on any atom is -0.349 e. The minimum atomic E-state index is -0.151. The minimum absolute atomic E-state index is 0.0673. The number of hydrogen-bond donors (Lipinski definition) is 1. The van der Waals surface area contributed by atoms with Gasteiger partial charge in [-0.1, -0.05) is 0 Å². The van der Waals surface area contributed by atoms with Crippen molar-refractivity contribution in [3.8, 4) is 0 Å². The second kappa shape index (κ2) is 4.23. The van der Waals surface area contributed by atoms with Crippen molar-refractivity contribution in [1.82, 2.24) is 14.9 Å². The van der Waals surface area contributed by atoms with E-state index in [1.54, 1.807) is 17.1 Å². The molecule has 0 aliphatic heterocycles. The van der Waals surface area contributed by atoms with Crippen LogP contribution in [0.15, 0.2) is 12.5 Å². The van der Waals surface area contributed by atoms with E-state index >= 15 is 0 Å². The molecule has 1 amide bonds. The maximum absolute atomic E-state index is 11.6. The van der Waals surface area contributed by atoms with Crippen molar-refractivity contribution in [1.29, 1.82) is 0 Å². The summed E-state index contributed by atoms with van der Waals surface area (Å²) in [6.45, 7) is 0.529. The molecule has 4 nitrogen and oxygen atoms in total. The number of carbonyl (C=O) groups excluding carboxylic acids is 1. The highest BCUT2D eigenvalue weighted by Crippen LogP contribution is 2.35. The smallest absolute Gasteiger partial charge is 0.271 e. The first-order valence-electron chi connectivity index (χ1n) is 5.07. The highest BCUT2D eigenvalue weighted by Gasteiger charge is 2.29. The van der Waals surface area contributed by atoms with Crippen LogP contribution >= 0.6 is 11.6 Å². The Morgan fingerprint density at radius 2 is 2.53 bits per heavy atom. The lowest BCUT2D eigenvalue weighted by Gasteiger charge is -2.08. The van der Waals surface area contributed by atoms with Gasteiger partial charge in [0.15, 0.2) is 0 Å². The first kappa shape index (κ1) is 10.5. The number of aromatic nitrogens is 2. The molecule has 0 bridgehead atoms. The number of halogens is 1. The molecule has 5 heteroatoms. The predicted octanol–water partition coefficient (Wildman–Crippen LogP) is 1.17. The molecule has 1 aliphatic rings. The Balaban J connectivity index is 1.81. The molecule has 82 valence electrons. The van der Waals surface area contributed by atoms with Crippen molar-refractivity contribution in [3.63, 3.8) is 0 Å². The number of nitrogens with one attached hydrogen (secondary N) is 1. The van der Waals surface area contributed by atoms with Crippen molar-refractivity contribution >= 4 is 17.5 Å². The van der Waals surface area contributed by atoms with E-state index in [1.165, 1.54) is 12.8 Å². The van der Waals surface area contributed by atoms with Crippen LogP contribution in [0.3, 0.4) is 0 Å². The third kappa shape index (κ3) is 2.72. The number of carbonyl (C=O) groups is 1. The van der Waals surface area contributed by atoms with Gasteiger partial charge in [0.05, 0.1) is 11.7 Å². The Labute approximate surface area is 93.6 Å². The van der Waals surface area contributed by atoms with Gasteiger partial charge in [-0.25, -0.2) is 4.98 Å². The maximum atomic E-state index is 11.6. The van der Waals surface area contributed by atoms with Gasteiger partial charge in [-0.05, 0) is 18.8 Å². The number of nitrogens with zero attached hydrogens (tertiary/aromatic N) is 2. The topological polar surface area (TPSA) is 46.9 Å². The zero-order valence-electron chi connectivity index (χ0n) is 8.61. The fraction of sp³-hybridized carbons (Fsp3) is 0.600. The summed E-state index contributed by atoms with van der Waals surface area (Å²) in [5.74, 6) is 0.442. The third-order valence-electron chi connectivity index (χ3n) is 2.53. The molecule has 1 aliphatic carbocycles. The summed E-state index contributed by atoms with van der Waals surface area (Å²) in [6.07, 6.45) is 5.67. The van der Waals surface area contributed by atoms with Gasteiger partial charge in [0.25, 0.3) is 5.91 Å². The summed E-state index contributed by atoms with van der Waals surface area (Å²) in [4.78, 5) is 15.5. The Kier molecular flexibility index (Phi) is 2.95. The van der Waals surface area contributed by atoms with Crippen LogP contribution < -0.4 is 5.32 Å². The quantitative estimate of drug-likeness (QED) is 0.785. The van der Waals surface area contributed by atoms with Crippen LogP contribution in [0.4, 0.5) is 0 Å². The van der Waals surface area contributed by atoms with Crippen LogP contribution in [0.5, 0.6) is 0 Å². The number of rotatable bonds is 4. The summed E-state index contributed by atoms with van der Waals surface area (Å²) in [5, 5.41) is 2.85. The van der Waals surface area contributed by atoms with Crippen molar-refractivity contribution in [3.05, 3.63) is 18.2 Å². The molecule has 1 aromatic heterocycles. The summed E-state index contributed by atoms with van der Waals surface area (Å²) in [6, 6.07) is 0. The molecule has 1 N–H and O–H groups in total. The van der Waals surface area contributed by atoms with Gasteiger partial charge >= 0.3 is 0 Å². The summed E-state index contributed by atoms with van der Waals surface area (Å²) in [7, 11) is 1.83. The number of hydrogen-bond acceptors (Lipinski definition) is 2. The van der Waals surface area contributed by atoms with Crippen LogP contribution in [0.2, 0.25) is 0 Å². The second-order valence-electron chi connectivity index (χ2n) is 3.99. The highest BCUT2D eigenvalue weighted by atomic mass is 35.5. The van der Waals surface area contributed by atoms with Crippen molar-refractivity contribution in [2.45, 2.75) is 18.2 Å². The van der Waals surface area contributed by atoms with E-state index in [0.29, 0.717) is 18.2 Å². The predicted molar refractivity (Wildman–Crippen MR) is 57.9 cm³/mol. The summed E-state index contributed by atoms with van der Waals surface area (Å²) in [5.41, 5.74) is 0.442. The number of aryl methyl sites for hydroxylation is 1. The first-order chi connectivity index (χ1) is 7.16. The highest BCUT2D eigenvalue weighted by molar-refractivity contribution is 6.21. The lowest BCUT2D eigenvalue weighted by molar-refractivity contribution is 0.0948. The monoisotopic (exact) mass is 227 g/mol. The van der Waals surface area contributed by atoms with Gasteiger partial charge < -0.3 is 9.88 Å². The van der Waals surface area contributed by atoms with Crippen LogP contribution in [0, 0.1) is 5.92 Å². The van der Waals surface area contributed by atoms with Crippen LogP contribution in [-0.2, 0) is 7.05 Å². The molecule has 0 spiro atoms. The van der Waals surface area contributed by atoms with Crippen molar-refractivity contribution < 1.29 is 4.79 Å². The number of imidazole rings is 1. The average Bonchev–Trinajstić information content (AvgIpc) is 2.97. The third-order valence-corrected chi connectivity index (χ3v) is 3.04. The molecule has 1 fully saturated rings. The first-order valence-corrected chi connectivity index (χ1v) is 5.50. The van der Waals surface area contributed by atoms with Gasteiger partial charge in [-0.3, -0.25) is 4.79 Å². The van der Waals surface area contributed by atoms with Gasteiger partial charge in [-0.15, -0.1) is 11.6 Å². The van der Waals surface area contributed by atoms with Crippen LogP contribution in [0.1, 0.15) is 23.3 Å². The Morgan fingerprint density at radius 1 is 1.80 bits per heavy atom. The molecular weight excluding hydrogens is 214 g/mol. The van der Waals surface area contributed by atoms with Crippen LogP contribution in [0.25, 0.3) is 0 Å². The average molecular weight is 228 g/mol. The Morgan fingerprint density at radius 3 is 3.07 bits per heavy atom. The molecule has 15 heavy (non-hydrogen) atoms. The molecule has 1 heterocycles. The van der Waals surface area contributed by atoms with E-state index in [1.807, 2.05) is 7.05 Å². The summed E-state index contributed by atoms with van der Waals surface area (Å²) >= 11 is 6.07. The van der Waals surface area contributed by atoms with Gasteiger partial charge in [0.1, 0.15) is 5.69 Å². The molecular formula is C10H14ClN3O. The zero-order chi connectivity index (χ0) is 10.8. The second-order valence-corrected chi connectivity index (χ2v) is 4.55. The lowest BCUT2D eigenvalue weighted by Crippen LogP contribution is -2.30. The van der Waals surface area contributed by atoms with E-state index < -0.39 is 0 Å². The normalized spacial score (nSPS) is 17.5. The standard InChI is InChI=1S/C10H14ClN3O/c1-14-5-9(13-6-14)10(15)12-4-8(11)7-2-3-7/h5-8H,2-4H2,1H3,(H,12,15). The summed E-state index contributed by atoms with van der Waals surface area (Å²) < 4.78 is 1.74. The Hall–Kier alpha value is -1.03. The molecule has 2 rings (SSSR count). The maximum Gasteiger partial charge on any atom is 0.271 e. The van der Waals surface area contributed by atoms with Crippen LogP contribution in [-0.4, -0.2) is 27.4 Å². The fourth-order valence-corrected chi connectivity index (χ4v) is 1.76. The molecule has 0 aromatic carbocycles. The lowest BCUT2D eigenvalue weighted by atomic mass is 10.3. The van der Waals surface area contributed by atoms with E-state index in [0.717, 1.165) is 0 Å². The van der Waals surface area contributed by atoms with Gasteiger partial charge in [-0.2, -0.15) is 0 Å². The van der Waals surface area contributed by atoms with E-state index in [2.05, 4.69) is 10.3 Å². The SMILES string of the molecule is Cn1cnc(C(=O)NCC(Cl)C2CC2)c1. The van der Waals surface area contributed by atoms with E-state index in [4.69, 9.17) is 11.6 Å². The van der Waals surface area contributed by atoms with Crippen molar-refractivity contribution in [2.75, 3.05) is 6.54 Å². The van der Waals surface area contributed by atoms with Gasteiger partial charge in [0, 0.05) is 19.8 Å². The zero-order valence-corrected chi connectivity index (χ0v) is 9.37. The van der Waals surface area contributed by atoms with Crippen molar-refractivity contribution in [2.24, 2.45) is 13.0 Å². The molecule has 0 radical (unpaired) electrons. The molecule has 1 saturated carbocycles. The van der Waals surface area contributed by atoms with E-state index in [-0.39, 0.29) is 11.3 Å². The van der Waals surface area contributed by atoms with Gasteiger partial charge in [0.2, 0.25) is 0 Å². The number of amides is 1.